The van der Waals surface area contributed by atoms with Crippen molar-refractivity contribution in [2.45, 2.75) is 122 Å². The minimum atomic E-state index is -0.0103. The zero-order chi connectivity index (χ0) is 20.7. The molecule has 1 heterocycles. The maximum Gasteiger partial charge on any atom is 0.157 e. The molecule has 0 aromatic carbocycles. The molecule has 0 radical (unpaired) electrons. The molecule has 0 aromatic heterocycles. The number of hydrogen-bond donors (Lipinski definition) is 0. The van der Waals surface area contributed by atoms with Crippen molar-refractivity contribution in [2.24, 2.45) is 0 Å². The van der Waals surface area contributed by atoms with E-state index in [9.17, 15) is 0 Å². The van der Waals surface area contributed by atoms with Gasteiger partial charge in [0.1, 0.15) is 0 Å². The summed E-state index contributed by atoms with van der Waals surface area (Å²) in [5, 5.41) is 0. The minimum absolute atomic E-state index is 0.0103. The summed E-state index contributed by atoms with van der Waals surface area (Å²) in [7, 11) is 0. The summed E-state index contributed by atoms with van der Waals surface area (Å²) >= 11 is 0. The average molecular weight is 415 g/mol. The molecule has 0 N–H and O–H groups in total. The van der Waals surface area contributed by atoms with Gasteiger partial charge in [-0.15, -0.1) is 0 Å². The molecule has 1 aliphatic rings. The van der Waals surface area contributed by atoms with E-state index >= 15 is 0 Å². The van der Waals surface area contributed by atoms with Gasteiger partial charge < -0.3 is 18.9 Å². The first-order valence-electron chi connectivity index (χ1n) is 12.8. The molecule has 1 aliphatic heterocycles. The lowest BCUT2D eigenvalue weighted by Gasteiger charge is -2.22. The normalized spacial score (nSPS) is 17.1. The van der Waals surface area contributed by atoms with Crippen molar-refractivity contribution in [2.75, 3.05) is 39.6 Å². The van der Waals surface area contributed by atoms with Crippen molar-refractivity contribution in [3.8, 4) is 0 Å². The lowest BCUT2D eigenvalue weighted by molar-refractivity contribution is -0.169. The van der Waals surface area contributed by atoms with E-state index in [0.717, 1.165) is 26.1 Å². The van der Waals surface area contributed by atoms with E-state index in [1.165, 1.54) is 96.3 Å². The predicted molar refractivity (Wildman–Crippen MR) is 121 cm³/mol. The Morgan fingerprint density at radius 2 is 1.10 bits per heavy atom. The van der Waals surface area contributed by atoms with Crippen LogP contribution < -0.4 is 0 Å². The van der Waals surface area contributed by atoms with Gasteiger partial charge in [-0.3, -0.25) is 0 Å². The van der Waals surface area contributed by atoms with Crippen molar-refractivity contribution < 1.29 is 18.9 Å². The molecule has 29 heavy (non-hydrogen) atoms. The first-order chi connectivity index (χ1) is 14.4. The molecule has 0 amide bonds. The molecular weight excluding hydrogens is 364 g/mol. The van der Waals surface area contributed by atoms with Crippen LogP contribution in [-0.2, 0) is 18.9 Å². The van der Waals surface area contributed by atoms with Crippen LogP contribution in [0.3, 0.4) is 0 Å². The fraction of sp³-hybridized carbons (Fsp3) is 1.00. The second-order valence-corrected chi connectivity index (χ2v) is 8.49. The Morgan fingerprint density at radius 1 is 0.586 bits per heavy atom. The summed E-state index contributed by atoms with van der Waals surface area (Å²) in [6.07, 6.45) is 22.9. The standard InChI is InChI=1S/C25H50O4/c1-2-3-4-5-6-7-8-9-10-11-12-13-14-16-19-26-21-22-27-23-24-29-25-18-15-17-20-28-25/h25H,2-24H2,1H3. The number of hydrogen-bond acceptors (Lipinski definition) is 4. The molecule has 4 nitrogen and oxygen atoms in total. The molecule has 1 saturated heterocycles. The highest BCUT2D eigenvalue weighted by molar-refractivity contribution is 4.54. The molecule has 0 aromatic rings. The van der Waals surface area contributed by atoms with Gasteiger partial charge in [0.2, 0.25) is 0 Å². The van der Waals surface area contributed by atoms with Crippen molar-refractivity contribution in [1.82, 2.24) is 0 Å². The lowest BCUT2D eigenvalue weighted by Crippen LogP contribution is -2.24. The molecule has 1 unspecified atom stereocenters. The summed E-state index contributed by atoms with van der Waals surface area (Å²) < 4.78 is 22.3. The summed E-state index contributed by atoms with van der Waals surface area (Å²) in [6.45, 7) is 6.58. The third kappa shape index (κ3) is 19.5. The maximum absolute atomic E-state index is 5.65. The van der Waals surface area contributed by atoms with Gasteiger partial charge in [-0.05, 0) is 25.7 Å². The second-order valence-electron chi connectivity index (χ2n) is 8.49. The predicted octanol–water partition coefficient (Wildman–Crippen LogP) is 7.04. The number of unbranched alkanes of at least 4 members (excludes halogenated alkanes) is 13. The van der Waals surface area contributed by atoms with Gasteiger partial charge in [-0.25, -0.2) is 0 Å². The van der Waals surface area contributed by atoms with Crippen LogP contribution in [0.25, 0.3) is 0 Å². The minimum Gasteiger partial charge on any atom is -0.379 e. The third-order valence-electron chi connectivity index (χ3n) is 5.68. The summed E-state index contributed by atoms with van der Waals surface area (Å²) in [5.41, 5.74) is 0. The van der Waals surface area contributed by atoms with Gasteiger partial charge >= 0.3 is 0 Å². The van der Waals surface area contributed by atoms with E-state index in [1.807, 2.05) is 0 Å². The van der Waals surface area contributed by atoms with Crippen LogP contribution in [0.15, 0.2) is 0 Å². The molecule has 4 heteroatoms. The fourth-order valence-electron chi connectivity index (χ4n) is 3.80. The van der Waals surface area contributed by atoms with E-state index in [1.54, 1.807) is 0 Å². The van der Waals surface area contributed by atoms with Crippen LogP contribution in [0.5, 0.6) is 0 Å². The van der Waals surface area contributed by atoms with Crippen LogP contribution in [0.2, 0.25) is 0 Å². The molecule has 0 aliphatic carbocycles. The SMILES string of the molecule is CCCCCCCCCCCCCCCCOCCOCCOC1CCCCO1. The molecule has 0 spiro atoms. The van der Waals surface area contributed by atoms with Gasteiger partial charge in [0.25, 0.3) is 0 Å². The van der Waals surface area contributed by atoms with Gasteiger partial charge in [0.05, 0.1) is 26.4 Å². The Hall–Kier alpha value is -0.160. The summed E-state index contributed by atoms with van der Waals surface area (Å²) in [4.78, 5) is 0. The topological polar surface area (TPSA) is 36.9 Å². The Balaban J connectivity index is 1.63. The molecule has 1 atom stereocenters. The molecule has 1 fully saturated rings. The van der Waals surface area contributed by atoms with Crippen LogP contribution in [-0.4, -0.2) is 45.9 Å². The zero-order valence-electron chi connectivity index (χ0n) is 19.5. The molecule has 1 rings (SSSR count). The molecular formula is C25H50O4. The van der Waals surface area contributed by atoms with Gasteiger partial charge in [-0.2, -0.15) is 0 Å². The fourth-order valence-corrected chi connectivity index (χ4v) is 3.80. The Kier molecular flexibility index (Phi) is 20.9. The first-order valence-corrected chi connectivity index (χ1v) is 12.8. The van der Waals surface area contributed by atoms with Crippen molar-refractivity contribution in [3.05, 3.63) is 0 Å². The highest BCUT2D eigenvalue weighted by atomic mass is 16.7. The summed E-state index contributed by atoms with van der Waals surface area (Å²) in [5.74, 6) is 0. The zero-order valence-corrected chi connectivity index (χ0v) is 19.5. The van der Waals surface area contributed by atoms with E-state index in [4.69, 9.17) is 18.9 Å². The highest BCUT2D eigenvalue weighted by Crippen LogP contribution is 2.14. The van der Waals surface area contributed by atoms with E-state index in [0.29, 0.717) is 26.4 Å². The Labute approximate surface area is 181 Å². The summed E-state index contributed by atoms with van der Waals surface area (Å²) in [6, 6.07) is 0. The number of ether oxygens (including phenoxy) is 4. The molecule has 174 valence electrons. The highest BCUT2D eigenvalue weighted by Gasteiger charge is 2.13. The quantitative estimate of drug-likeness (QED) is 0.178. The Bertz CT molecular complexity index is 305. The molecule has 0 saturated carbocycles. The third-order valence-corrected chi connectivity index (χ3v) is 5.68. The lowest BCUT2D eigenvalue weighted by atomic mass is 10.0. The molecule has 0 bridgehead atoms. The largest absolute Gasteiger partial charge is 0.379 e. The van der Waals surface area contributed by atoms with Crippen LogP contribution in [0.4, 0.5) is 0 Å². The van der Waals surface area contributed by atoms with E-state index in [-0.39, 0.29) is 6.29 Å². The van der Waals surface area contributed by atoms with Crippen molar-refractivity contribution in [3.63, 3.8) is 0 Å². The van der Waals surface area contributed by atoms with Gasteiger partial charge in [0.15, 0.2) is 6.29 Å². The number of rotatable bonds is 22. The van der Waals surface area contributed by atoms with Crippen molar-refractivity contribution in [1.29, 1.82) is 0 Å². The Morgan fingerprint density at radius 3 is 1.66 bits per heavy atom. The van der Waals surface area contributed by atoms with E-state index in [2.05, 4.69) is 6.92 Å². The van der Waals surface area contributed by atoms with Crippen molar-refractivity contribution >= 4 is 0 Å². The van der Waals surface area contributed by atoms with Gasteiger partial charge in [0, 0.05) is 13.2 Å². The van der Waals surface area contributed by atoms with Crippen LogP contribution in [0, 0.1) is 0 Å². The maximum atomic E-state index is 5.65. The van der Waals surface area contributed by atoms with Gasteiger partial charge in [-0.1, -0.05) is 90.4 Å². The van der Waals surface area contributed by atoms with Crippen LogP contribution >= 0.6 is 0 Å². The van der Waals surface area contributed by atoms with E-state index < -0.39 is 0 Å². The first kappa shape index (κ1) is 26.9. The second kappa shape index (κ2) is 22.5. The average Bonchev–Trinajstić information content (AvgIpc) is 2.75. The smallest absolute Gasteiger partial charge is 0.157 e. The van der Waals surface area contributed by atoms with Crippen LogP contribution in [0.1, 0.15) is 116 Å². The monoisotopic (exact) mass is 414 g/mol.